The summed E-state index contributed by atoms with van der Waals surface area (Å²) in [6.07, 6.45) is 34.0. The number of hydrogen-bond donors (Lipinski definition) is 10. The number of rotatable bonds is 35. The molecule has 0 saturated carbocycles. The second-order valence-electron chi connectivity index (χ2n) is 51.3. The molecule has 0 bridgehead atoms. The molecule has 0 amide bonds. The van der Waals surface area contributed by atoms with Crippen LogP contribution in [0.5, 0.6) is 0 Å². The quantitative estimate of drug-likeness (QED) is 0.0291. The smallest absolute Gasteiger partial charge is 0.232 e. The second-order valence-corrected chi connectivity index (χ2v) is 51.3. The van der Waals surface area contributed by atoms with Gasteiger partial charge in [0.1, 0.15) is 0 Å². The topological polar surface area (TPSA) is 211 Å². The maximum atomic E-state index is 5.85. The molecule has 0 aliphatic carbocycles. The summed E-state index contributed by atoms with van der Waals surface area (Å²) >= 11 is 0. The van der Waals surface area contributed by atoms with E-state index in [4.69, 9.17) is 29.9 Å². The van der Waals surface area contributed by atoms with E-state index < -0.39 is 0 Å². The lowest BCUT2D eigenvalue weighted by Gasteiger charge is -2.51. The lowest BCUT2D eigenvalue weighted by Crippen LogP contribution is -2.63. The zero-order valence-electron chi connectivity index (χ0n) is 82.5. The molecule has 10 N–H and O–H groups in total. The van der Waals surface area contributed by atoms with Crippen molar-refractivity contribution < 1.29 is 0 Å². The SMILES string of the molecule is CC1(C)CC(CCN(c2nc(NCCCCCCCCCCCCNc3nc(N(CCC4CC(C)(C)NC(C)(C)C4)C4CC(C)(C)NC(C)(C)C4)nc(N(CCC4CC(C)(C)NC(C)(C)C4)C4CC(C)(C)NC(C)(C)C4)n3)nc(N(CCC3CC(C)(C)NC(C)(C)C3)C3CC(C)(C)NC(C)(C)C3)n2)C2CC(C)(C)NC(C)(C)C2)CC(C)(C)N1. The fourth-order valence-electron chi connectivity index (χ4n) is 27.4. The van der Waals surface area contributed by atoms with Crippen molar-refractivity contribution >= 4 is 35.7 Å². The third-order valence-corrected chi connectivity index (χ3v) is 28.1. The van der Waals surface area contributed by atoms with Gasteiger partial charge < -0.3 is 72.8 Å². The van der Waals surface area contributed by atoms with Crippen LogP contribution >= 0.6 is 0 Å². The predicted octanol–water partition coefficient (Wildman–Crippen LogP) is 19.7. The van der Waals surface area contributed by atoms with Gasteiger partial charge in [-0.3, -0.25) is 0 Å². The van der Waals surface area contributed by atoms with E-state index in [1.807, 2.05) is 0 Å². The van der Waals surface area contributed by atoms with Gasteiger partial charge in [0.15, 0.2) is 0 Å². The largest absolute Gasteiger partial charge is 0.354 e. The third-order valence-electron chi connectivity index (χ3n) is 28.1. The van der Waals surface area contributed by atoms with Crippen molar-refractivity contribution in [2.24, 2.45) is 23.7 Å². The Bertz CT molecular complexity index is 2980. The van der Waals surface area contributed by atoms with Crippen LogP contribution in [-0.4, -0.2) is 182 Å². The van der Waals surface area contributed by atoms with Gasteiger partial charge in [0.05, 0.1) is 0 Å². The van der Waals surface area contributed by atoms with Crippen LogP contribution in [0, 0.1) is 23.7 Å². The van der Waals surface area contributed by atoms with Gasteiger partial charge in [-0.05, 0) is 386 Å². The highest BCUT2D eigenvalue weighted by Gasteiger charge is 2.50. The van der Waals surface area contributed by atoms with Crippen molar-refractivity contribution in [1.29, 1.82) is 0 Å². The van der Waals surface area contributed by atoms with Crippen LogP contribution in [0.15, 0.2) is 0 Å². The monoisotopic (exact) mass is 1640 g/mol. The Hall–Kier alpha value is -3.50. The summed E-state index contributed by atoms with van der Waals surface area (Å²) in [5, 5.41) is 40.0. The summed E-state index contributed by atoms with van der Waals surface area (Å²) in [5.41, 5.74) is 0.213. The molecule has 678 valence electrons. The van der Waals surface area contributed by atoms with E-state index in [1.165, 1.54) is 51.4 Å². The van der Waals surface area contributed by atoms with Crippen LogP contribution in [0.3, 0.4) is 0 Å². The number of anilines is 6. The molecular weight excluding hydrogens is 1460 g/mol. The molecule has 10 heterocycles. The fourth-order valence-corrected chi connectivity index (χ4v) is 27.4. The first-order valence-electron chi connectivity index (χ1n) is 48.4. The third kappa shape index (κ3) is 29.6. The van der Waals surface area contributed by atoms with Gasteiger partial charge in [0.2, 0.25) is 35.7 Å². The first-order valence-corrected chi connectivity index (χ1v) is 48.4. The zero-order valence-corrected chi connectivity index (χ0v) is 82.5. The van der Waals surface area contributed by atoms with E-state index in [9.17, 15) is 0 Å². The van der Waals surface area contributed by atoms with Gasteiger partial charge >= 0.3 is 0 Å². The minimum atomic E-state index is -0.0485. The van der Waals surface area contributed by atoms with Crippen LogP contribution in [-0.2, 0) is 0 Å². The maximum absolute atomic E-state index is 5.85. The van der Waals surface area contributed by atoms with Gasteiger partial charge in [-0.25, -0.2) is 0 Å². The van der Waals surface area contributed by atoms with Crippen molar-refractivity contribution in [3.63, 3.8) is 0 Å². The van der Waals surface area contributed by atoms with E-state index in [-0.39, 0.29) is 113 Å². The molecule has 2 aromatic heterocycles. The molecular formula is C98H186N20. The number of piperidine rings is 8. The normalized spacial score (nSPS) is 26.5. The van der Waals surface area contributed by atoms with Crippen LogP contribution < -0.4 is 72.8 Å². The van der Waals surface area contributed by atoms with Gasteiger partial charge in [0.25, 0.3) is 0 Å². The van der Waals surface area contributed by atoms with Gasteiger partial charge in [-0.2, -0.15) is 29.9 Å². The Morgan fingerprint density at radius 1 is 0.212 bits per heavy atom. The average molecular weight is 1640 g/mol. The van der Waals surface area contributed by atoms with Crippen LogP contribution in [0.25, 0.3) is 0 Å². The highest BCUT2D eigenvalue weighted by Crippen LogP contribution is 2.45. The van der Waals surface area contributed by atoms with Gasteiger partial charge in [-0.1, -0.05) is 51.4 Å². The molecule has 8 aliphatic heterocycles. The molecule has 10 rings (SSSR count). The van der Waals surface area contributed by atoms with Crippen molar-refractivity contribution in [3.05, 3.63) is 0 Å². The summed E-state index contributed by atoms with van der Waals surface area (Å²) in [6, 6.07) is 1.06. The first kappa shape index (κ1) is 96.7. The summed E-state index contributed by atoms with van der Waals surface area (Å²) in [4.78, 5) is 44.9. The molecule has 8 saturated heterocycles. The highest BCUT2D eigenvalue weighted by atomic mass is 15.4. The fraction of sp³-hybridized carbons (Fsp3) is 0.939. The van der Waals surface area contributed by atoms with E-state index in [0.29, 0.717) is 23.7 Å². The maximum Gasteiger partial charge on any atom is 0.232 e. The Balaban J connectivity index is 0.823. The van der Waals surface area contributed by atoms with E-state index in [2.05, 4.69) is 294 Å². The van der Waals surface area contributed by atoms with Crippen LogP contribution in [0.1, 0.15) is 414 Å². The lowest BCUT2D eigenvalue weighted by molar-refractivity contribution is 0.120. The Kier molecular flexibility index (Phi) is 29.9. The molecule has 0 radical (unpaired) electrons. The molecule has 8 aliphatic rings. The highest BCUT2D eigenvalue weighted by molar-refractivity contribution is 5.49. The molecule has 0 atom stereocenters. The minimum absolute atomic E-state index is 0.0485. The number of nitrogens with zero attached hydrogens (tertiary/aromatic N) is 10. The number of nitrogens with one attached hydrogen (secondary N) is 10. The number of aromatic nitrogens is 6. The van der Waals surface area contributed by atoms with Crippen molar-refractivity contribution in [2.45, 2.75) is 527 Å². The molecule has 2 aromatic rings. The minimum Gasteiger partial charge on any atom is -0.354 e. The predicted molar refractivity (Wildman–Crippen MR) is 504 cm³/mol. The van der Waals surface area contributed by atoms with Crippen LogP contribution in [0.2, 0.25) is 0 Å². The molecule has 118 heavy (non-hydrogen) atoms. The standard InChI is InChI=1S/C98H186N20/c1-83(2)53-69(54-84(3,4)107-83)43-49-115(73-61-91(17,18)111-92(19,20)62-73)79-101-77(102-80(105-79)116(74-63-93(21,22)112-94(23,24)64-74)50-44-70-55-85(5,6)108-86(7,8)56-70)99-47-41-39-37-35-33-34-36-38-40-42-48-100-78-103-81(117(75-65-95(25,26)113-96(27,28)66-75)51-45-71-57-87(9,10)109-88(11,12)58-71)106-82(104-78)118(76-67-97(29,30)114-98(31,32)68-76)52-46-72-59-89(13,14)110-90(15,16)60-72/h69-76,107-114H,33-68H2,1-32H3,(H,99,101,102,105)(H,100,103,104,106). The Labute approximate surface area is 724 Å². The first-order chi connectivity index (χ1) is 54.0. The van der Waals surface area contributed by atoms with E-state index in [1.54, 1.807) is 0 Å². The lowest BCUT2D eigenvalue weighted by atomic mass is 9.74. The van der Waals surface area contributed by atoms with Gasteiger partial charge in [-0.15, -0.1) is 0 Å². The number of unbranched alkanes of at least 4 members (excludes halogenated alkanes) is 9. The molecule has 0 unspecified atom stereocenters. The molecule has 8 fully saturated rings. The van der Waals surface area contributed by atoms with Crippen molar-refractivity contribution in [2.75, 3.05) is 69.5 Å². The average Bonchev–Trinajstić information content (AvgIpc) is 0.770. The summed E-state index contributed by atoms with van der Waals surface area (Å²) in [6.45, 7) is 82.3. The molecule has 0 spiro atoms. The zero-order chi connectivity index (χ0) is 87.2. The van der Waals surface area contributed by atoms with Crippen LogP contribution in [0.4, 0.5) is 35.7 Å². The summed E-state index contributed by atoms with van der Waals surface area (Å²) < 4.78 is 0. The summed E-state index contributed by atoms with van der Waals surface area (Å²) in [5.74, 6) is 7.24. The second kappa shape index (κ2) is 36.5. The van der Waals surface area contributed by atoms with Gasteiger partial charge in [0, 0.05) is 152 Å². The van der Waals surface area contributed by atoms with Crippen molar-refractivity contribution in [1.82, 2.24) is 72.4 Å². The number of hydrogen-bond acceptors (Lipinski definition) is 20. The summed E-state index contributed by atoms with van der Waals surface area (Å²) in [7, 11) is 0. The Morgan fingerprint density at radius 3 is 0.517 bits per heavy atom. The Morgan fingerprint density at radius 2 is 0.356 bits per heavy atom. The molecule has 20 heteroatoms. The van der Waals surface area contributed by atoms with E-state index >= 15 is 0 Å². The van der Waals surface area contributed by atoms with Crippen molar-refractivity contribution in [3.8, 4) is 0 Å². The molecule has 20 nitrogen and oxygen atoms in total. The van der Waals surface area contributed by atoms with E-state index in [0.717, 1.165) is 216 Å². The molecule has 0 aromatic carbocycles.